The molecule has 0 bridgehead atoms. The zero-order valence-electron chi connectivity index (χ0n) is 9.39. The van der Waals surface area contributed by atoms with Crippen LogP contribution in [0.3, 0.4) is 0 Å². The monoisotopic (exact) mass is 278 g/mol. The highest BCUT2D eigenvalue weighted by Crippen LogP contribution is 2.33. The van der Waals surface area contributed by atoms with E-state index in [0.717, 1.165) is 10.2 Å². The van der Waals surface area contributed by atoms with Crippen LogP contribution in [0.4, 0.5) is 5.69 Å². The highest BCUT2D eigenvalue weighted by atomic mass is 79.9. The highest BCUT2D eigenvalue weighted by Gasteiger charge is 2.28. The number of benzene rings is 1. The summed E-state index contributed by atoms with van der Waals surface area (Å²) in [6, 6.07) is 7.97. The highest BCUT2D eigenvalue weighted by molar-refractivity contribution is 9.10. The molecule has 0 atom stereocenters. The summed E-state index contributed by atoms with van der Waals surface area (Å²) in [7, 11) is 0. The topological polar surface area (TPSA) is 35.8 Å². The van der Waals surface area contributed by atoms with Crippen molar-refractivity contribution in [2.45, 2.75) is 38.1 Å². The molecule has 3 heteroatoms. The van der Waals surface area contributed by atoms with Crippen LogP contribution in [0.2, 0.25) is 0 Å². The number of halogens is 1. The molecular formula is C13H15BrN2. The van der Waals surface area contributed by atoms with Gasteiger partial charge < -0.3 is 5.32 Å². The minimum Gasteiger partial charge on any atom is -0.380 e. The van der Waals surface area contributed by atoms with Crippen molar-refractivity contribution in [2.24, 2.45) is 0 Å². The first-order valence-electron chi connectivity index (χ1n) is 5.61. The van der Waals surface area contributed by atoms with Crippen LogP contribution in [-0.2, 0) is 0 Å². The summed E-state index contributed by atoms with van der Waals surface area (Å²) in [6.45, 7) is 2.27. The molecule has 2 rings (SSSR count). The second-order valence-corrected chi connectivity index (χ2v) is 5.55. The third-order valence-electron chi connectivity index (χ3n) is 3.24. The smallest absolute Gasteiger partial charge is 0.100 e. The van der Waals surface area contributed by atoms with Crippen molar-refractivity contribution in [3.05, 3.63) is 28.2 Å². The summed E-state index contributed by atoms with van der Waals surface area (Å²) in [5, 5.41) is 12.4. The van der Waals surface area contributed by atoms with Gasteiger partial charge in [0.2, 0.25) is 0 Å². The Hall–Kier alpha value is -1.01. The predicted octanol–water partition coefficient (Wildman–Crippen LogP) is 4.07. The number of hydrogen-bond acceptors (Lipinski definition) is 2. The van der Waals surface area contributed by atoms with Crippen LogP contribution < -0.4 is 5.32 Å². The SMILES string of the molecule is CC1(Nc2ccc(C#N)c(Br)c2)CCCC1. The Morgan fingerprint density at radius 1 is 1.38 bits per heavy atom. The van der Waals surface area contributed by atoms with Crippen molar-refractivity contribution in [2.75, 3.05) is 5.32 Å². The summed E-state index contributed by atoms with van der Waals surface area (Å²) in [5.41, 5.74) is 2.01. The summed E-state index contributed by atoms with van der Waals surface area (Å²) >= 11 is 3.41. The molecule has 2 nitrogen and oxygen atoms in total. The van der Waals surface area contributed by atoms with E-state index >= 15 is 0 Å². The van der Waals surface area contributed by atoms with Gasteiger partial charge in [0.1, 0.15) is 6.07 Å². The zero-order valence-corrected chi connectivity index (χ0v) is 11.0. The molecule has 0 heterocycles. The summed E-state index contributed by atoms with van der Waals surface area (Å²) in [5.74, 6) is 0. The Kier molecular flexibility index (Phi) is 3.20. The number of nitrogens with zero attached hydrogens (tertiary/aromatic N) is 1. The molecule has 0 saturated heterocycles. The van der Waals surface area contributed by atoms with E-state index in [1.54, 1.807) is 0 Å². The third-order valence-corrected chi connectivity index (χ3v) is 3.90. The van der Waals surface area contributed by atoms with Crippen molar-refractivity contribution >= 4 is 21.6 Å². The molecular weight excluding hydrogens is 264 g/mol. The molecule has 0 unspecified atom stereocenters. The van der Waals surface area contributed by atoms with Gasteiger partial charge in [-0.05, 0) is 53.9 Å². The number of nitriles is 1. The molecule has 16 heavy (non-hydrogen) atoms. The van der Waals surface area contributed by atoms with Crippen LogP contribution in [-0.4, -0.2) is 5.54 Å². The Balaban J connectivity index is 2.16. The Morgan fingerprint density at radius 2 is 2.06 bits per heavy atom. The largest absolute Gasteiger partial charge is 0.380 e. The van der Waals surface area contributed by atoms with Crippen molar-refractivity contribution in [1.82, 2.24) is 0 Å². The van der Waals surface area contributed by atoms with Gasteiger partial charge in [-0.1, -0.05) is 12.8 Å². The van der Waals surface area contributed by atoms with Crippen LogP contribution in [0.15, 0.2) is 22.7 Å². The van der Waals surface area contributed by atoms with E-state index < -0.39 is 0 Å². The molecule has 84 valence electrons. The van der Waals surface area contributed by atoms with Crippen molar-refractivity contribution < 1.29 is 0 Å². The lowest BCUT2D eigenvalue weighted by Crippen LogP contribution is -2.30. The van der Waals surface area contributed by atoms with Crippen molar-refractivity contribution in [1.29, 1.82) is 5.26 Å². The fourth-order valence-electron chi connectivity index (χ4n) is 2.31. The predicted molar refractivity (Wildman–Crippen MR) is 69.4 cm³/mol. The Bertz CT molecular complexity index is 428. The van der Waals surface area contributed by atoms with Gasteiger partial charge in [0, 0.05) is 15.7 Å². The molecule has 1 aliphatic rings. The van der Waals surface area contributed by atoms with Crippen LogP contribution in [0.25, 0.3) is 0 Å². The molecule has 1 saturated carbocycles. The maximum atomic E-state index is 8.84. The summed E-state index contributed by atoms with van der Waals surface area (Å²) in [4.78, 5) is 0. The second kappa shape index (κ2) is 4.47. The first-order chi connectivity index (χ1) is 7.63. The van der Waals surface area contributed by atoms with Gasteiger partial charge in [-0.25, -0.2) is 0 Å². The molecule has 0 spiro atoms. The molecule has 1 aromatic carbocycles. The van der Waals surface area contributed by atoms with E-state index in [1.807, 2.05) is 18.2 Å². The quantitative estimate of drug-likeness (QED) is 0.885. The molecule has 1 fully saturated rings. The molecule has 1 N–H and O–H groups in total. The van der Waals surface area contributed by atoms with Gasteiger partial charge >= 0.3 is 0 Å². The average molecular weight is 279 g/mol. The van der Waals surface area contributed by atoms with Crippen LogP contribution >= 0.6 is 15.9 Å². The van der Waals surface area contributed by atoms with Gasteiger partial charge in [0.05, 0.1) is 5.56 Å². The van der Waals surface area contributed by atoms with Crippen molar-refractivity contribution in [3.8, 4) is 6.07 Å². The second-order valence-electron chi connectivity index (χ2n) is 4.70. The normalized spacial score (nSPS) is 18.1. The lowest BCUT2D eigenvalue weighted by molar-refractivity contribution is 0.533. The third kappa shape index (κ3) is 2.38. The fraction of sp³-hybridized carbons (Fsp3) is 0.462. The summed E-state index contributed by atoms with van der Waals surface area (Å²) in [6.07, 6.45) is 5.07. The van der Waals surface area contributed by atoms with E-state index in [4.69, 9.17) is 5.26 Å². The Morgan fingerprint density at radius 3 is 2.62 bits per heavy atom. The van der Waals surface area contributed by atoms with E-state index in [2.05, 4.69) is 34.2 Å². The molecule has 0 aliphatic heterocycles. The number of rotatable bonds is 2. The molecule has 1 aliphatic carbocycles. The number of nitrogens with one attached hydrogen (secondary N) is 1. The lowest BCUT2D eigenvalue weighted by atomic mass is 10.00. The van der Waals surface area contributed by atoms with Gasteiger partial charge in [0.15, 0.2) is 0 Å². The number of anilines is 1. The minimum atomic E-state index is 0.230. The van der Waals surface area contributed by atoms with Crippen LogP contribution in [0, 0.1) is 11.3 Å². The van der Waals surface area contributed by atoms with Gasteiger partial charge in [0.25, 0.3) is 0 Å². The molecule has 0 radical (unpaired) electrons. The maximum absolute atomic E-state index is 8.84. The van der Waals surface area contributed by atoms with Gasteiger partial charge in [-0.15, -0.1) is 0 Å². The summed E-state index contributed by atoms with van der Waals surface area (Å²) < 4.78 is 0.863. The minimum absolute atomic E-state index is 0.230. The lowest BCUT2D eigenvalue weighted by Gasteiger charge is -2.26. The first-order valence-corrected chi connectivity index (χ1v) is 6.40. The molecule has 0 amide bonds. The average Bonchev–Trinajstić information content (AvgIpc) is 2.65. The van der Waals surface area contributed by atoms with Gasteiger partial charge in [-0.2, -0.15) is 5.26 Å². The van der Waals surface area contributed by atoms with Crippen LogP contribution in [0.1, 0.15) is 38.2 Å². The first kappa shape index (κ1) is 11.5. The fourth-order valence-corrected chi connectivity index (χ4v) is 2.78. The molecule has 1 aromatic rings. The Labute approximate surface area is 105 Å². The standard InChI is InChI=1S/C13H15BrN2/c1-13(6-2-3-7-13)16-11-5-4-10(9-15)12(14)8-11/h4-5,8,16H,2-3,6-7H2,1H3. The molecule has 0 aromatic heterocycles. The van der Waals surface area contributed by atoms with E-state index in [1.165, 1.54) is 25.7 Å². The maximum Gasteiger partial charge on any atom is 0.100 e. The van der Waals surface area contributed by atoms with Crippen LogP contribution in [0.5, 0.6) is 0 Å². The van der Waals surface area contributed by atoms with E-state index in [9.17, 15) is 0 Å². The van der Waals surface area contributed by atoms with Gasteiger partial charge in [-0.3, -0.25) is 0 Å². The van der Waals surface area contributed by atoms with Crippen molar-refractivity contribution in [3.63, 3.8) is 0 Å². The van der Waals surface area contributed by atoms with E-state index in [-0.39, 0.29) is 5.54 Å². The number of hydrogen-bond donors (Lipinski definition) is 1. The zero-order chi connectivity index (χ0) is 11.6. The van der Waals surface area contributed by atoms with E-state index in [0.29, 0.717) is 5.56 Å².